The quantitative estimate of drug-likeness (QED) is 0.654. The summed E-state index contributed by atoms with van der Waals surface area (Å²) in [7, 11) is 0. The lowest BCUT2D eigenvalue weighted by molar-refractivity contribution is -0.143. The molecule has 0 heterocycles. The van der Waals surface area contributed by atoms with Crippen molar-refractivity contribution in [1.29, 1.82) is 0 Å². The molecule has 0 saturated heterocycles. The van der Waals surface area contributed by atoms with Gasteiger partial charge in [-0.2, -0.15) is 0 Å². The van der Waals surface area contributed by atoms with Crippen LogP contribution in [0, 0.1) is 0 Å². The molecule has 0 spiro atoms. The lowest BCUT2D eigenvalue weighted by atomic mass is 10.2. The van der Waals surface area contributed by atoms with Gasteiger partial charge in [0.1, 0.15) is 6.04 Å². The highest BCUT2D eigenvalue weighted by molar-refractivity contribution is 5.98. The third kappa shape index (κ3) is 5.02. The van der Waals surface area contributed by atoms with E-state index in [1.807, 2.05) is 30.3 Å². The molecule has 0 aliphatic heterocycles. The molecule has 0 aliphatic rings. The van der Waals surface area contributed by atoms with Gasteiger partial charge < -0.3 is 15.2 Å². The van der Waals surface area contributed by atoms with Crippen molar-refractivity contribution in [2.75, 3.05) is 0 Å². The molecule has 0 saturated carbocycles. The molecule has 0 amide bonds. The van der Waals surface area contributed by atoms with Crippen molar-refractivity contribution in [2.45, 2.75) is 25.7 Å². The second kappa shape index (κ2) is 8.22. The summed E-state index contributed by atoms with van der Waals surface area (Å²) < 4.78 is 10.3. The SMILES string of the molecule is C[C@@H](OCc1ccccc1)[C@H](N)C(=O)OC(=O)c1ccccc1. The number of ether oxygens (including phenoxy) is 2. The fourth-order valence-electron chi connectivity index (χ4n) is 1.89. The van der Waals surface area contributed by atoms with Crippen LogP contribution in [-0.2, 0) is 20.9 Å². The Morgan fingerprint density at radius 1 is 1.00 bits per heavy atom. The van der Waals surface area contributed by atoms with Gasteiger partial charge in [0.2, 0.25) is 0 Å². The maximum Gasteiger partial charge on any atom is 0.345 e. The number of hydrogen-bond acceptors (Lipinski definition) is 5. The van der Waals surface area contributed by atoms with Gasteiger partial charge in [-0.05, 0) is 24.6 Å². The van der Waals surface area contributed by atoms with Crippen molar-refractivity contribution in [1.82, 2.24) is 0 Å². The van der Waals surface area contributed by atoms with Gasteiger partial charge in [0.15, 0.2) is 0 Å². The third-order valence-corrected chi connectivity index (χ3v) is 3.34. The zero-order chi connectivity index (χ0) is 16.7. The van der Waals surface area contributed by atoms with Crippen LogP contribution in [0.5, 0.6) is 0 Å². The van der Waals surface area contributed by atoms with Crippen molar-refractivity contribution in [3.05, 3.63) is 71.8 Å². The maximum absolute atomic E-state index is 11.9. The van der Waals surface area contributed by atoms with Gasteiger partial charge in [0.05, 0.1) is 18.3 Å². The average Bonchev–Trinajstić information content (AvgIpc) is 2.60. The molecule has 2 aromatic carbocycles. The van der Waals surface area contributed by atoms with Gasteiger partial charge >= 0.3 is 11.9 Å². The molecule has 2 aromatic rings. The van der Waals surface area contributed by atoms with Gasteiger partial charge in [-0.15, -0.1) is 0 Å². The normalized spacial score (nSPS) is 13.1. The van der Waals surface area contributed by atoms with E-state index < -0.39 is 24.1 Å². The molecule has 0 fully saturated rings. The van der Waals surface area contributed by atoms with Crippen LogP contribution >= 0.6 is 0 Å². The minimum Gasteiger partial charge on any atom is -0.388 e. The molecular formula is C18H19NO4. The lowest BCUT2D eigenvalue weighted by Crippen LogP contribution is -2.43. The van der Waals surface area contributed by atoms with E-state index >= 15 is 0 Å². The second-order valence-electron chi connectivity index (χ2n) is 5.10. The summed E-state index contributed by atoms with van der Waals surface area (Å²) in [5, 5.41) is 0. The lowest BCUT2D eigenvalue weighted by Gasteiger charge is -2.18. The van der Waals surface area contributed by atoms with E-state index in [1.165, 1.54) is 0 Å². The average molecular weight is 313 g/mol. The molecule has 0 unspecified atom stereocenters. The van der Waals surface area contributed by atoms with Crippen LogP contribution < -0.4 is 5.73 Å². The zero-order valence-corrected chi connectivity index (χ0v) is 12.8. The van der Waals surface area contributed by atoms with Crippen molar-refractivity contribution in [3.63, 3.8) is 0 Å². The van der Waals surface area contributed by atoms with Crippen molar-refractivity contribution in [3.8, 4) is 0 Å². The van der Waals surface area contributed by atoms with Gasteiger partial charge in [-0.3, -0.25) is 0 Å². The van der Waals surface area contributed by atoms with Crippen LogP contribution in [-0.4, -0.2) is 24.1 Å². The standard InChI is InChI=1S/C18H19NO4/c1-13(22-12-14-8-4-2-5-9-14)16(19)18(21)23-17(20)15-10-6-3-7-11-15/h2-11,13,16H,12,19H2,1H3/t13-,16+/m1/s1. The summed E-state index contributed by atoms with van der Waals surface area (Å²) in [6.07, 6.45) is -0.578. The van der Waals surface area contributed by atoms with Crippen molar-refractivity contribution < 1.29 is 19.1 Å². The second-order valence-corrected chi connectivity index (χ2v) is 5.10. The molecule has 0 bridgehead atoms. The number of hydrogen-bond donors (Lipinski definition) is 1. The van der Waals surface area contributed by atoms with E-state index in [4.69, 9.17) is 15.2 Å². The first-order valence-electron chi connectivity index (χ1n) is 7.30. The summed E-state index contributed by atoms with van der Waals surface area (Å²) in [4.78, 5) is 23.8. The fraction of sp³-hybridized carbons (Fsp3) is 0.222. The Balaban J connectivity index is 1.85. The van der Waals surface area contributed by atoms with Crippen LogP contribution in [0.1, 0.15) is 22.8 Å². The van der Waals surface area contributed by atoms with E-state index in [0.717, 1.165) is 5.56 Å². The Labute approximate surface area is 135 Å². The number of benzene rings is 2. The van der Waals surface area contributed by atoms with Gasteiger partial charge in [-0.1, -0.05) is 48.5 Å². The molecule has 120 valence electrons. The highest BCUT2D eigenvalue weighted by atomic mass is 16.6. The zero-order valence-electron chi connectivity index (χ0n) is 12.8. The minimum atomic E-state index is -1.04. The Bertz CT molecular complexity index is 643. The van der Waals surface area contributed by atoms with E-state index in [1.54, 1.807) is 37.3 Å². The van der Waals surface area contributed by atoms with Crippen LogP contribution in [0.25, 0.3) is 0 Å². The summed E-state index contributed by atoms with van der Waals surface area (Å²) in [5.74, 6) is -1.53. The van der Waals surface area contributed by atoms with Crippen LogP contribution in [0.15, 0.2) is 60.7 Å². The van der Waals surface area contributed by atoms with Gasteiger partial charge in [-0.25, -0.2) is 9.59 Å². The predicted octanol–water partition coefficient (Wildman–Crippen LogP) is 2.30. The Morgan fingerprint density at radius 3 is 2.17 bits per heavy atom. The number of esters is 2. The van der Waals surface area contributed by atoms with E-state index in [-0.39, 0.29) is 0 Å². The van der Waals surface area contributed by atoms with Crippen LogP contribution in [0.2, 0.25) is 0 Å². The monoisotopic (exact) mass is 313 g/mol. The first kappa shape index (κ1) is 16.9. The number of rotatable bonds is 6. The van der Waals surface area contributed by atoms with E-state index in [0.29, 0.717) is 12.2 Å². The smallest absolute Gasteiger partial charge is 0.345 e. The highest BCUT2D eigenvalue weighted by Crippen LogP contribution is 2.08. The predicted molar refractivity (Wildman–Crippen MR) is 85.5 cm³/mol. The topological polar surface area (TPSA) is 78.6 Å². The first-order valence-corrected chi connectivity index (χ1v) is 7.30. The largest absolute Gasteiger partial charge is 0.388 e. The fourth-order valence-corrected chi connectivity index (χ4v) is 1.89. The highest BCUT2D eigenvalue weighted by Gasteiger charge is 2.25. The van der Waals surface area contributed by atoms with Gasteiger partial charge in [0, 0.05) is 0 Å². The van der Waals surface area contributed by atoms with Crippen LogP contribution in [0.3, 0.4) is 0 Å². The molecule has 0 radical (unpaired) electrons. The molecule has 2 atom stereocenters. The number of carbonyl (C=O) groups excluding carboxylic acids is 2. The molecule has 5 nitrogen and oxygen atoms in total. The summed E-state index contributed by atoms with van der Waals surface area (Å²) in [6, 6.07) is 16.8. The first-order chi connectivity index (χ1) is 11.1. The third-order valence-electron chi connectivity index (χ3n) is 3.34. The maximum atomic E-state index is 11.9. The van der Waals surface area contributed by atoms with E-state index in [2.05, 4.69) is 0 Å². The van der Waals surface area contributed by atoms with Crippen molar-refractivity contribution in [2.24, 2.45) is 5.73 Å². The summed E-state index contributed by atoms with van der Waals surface area (Å²) >= 11 is 0. The molecule has 2 rings (SSSR count). The molecule has 2 N–H and O–H groups in total. The Kier molecular flexibility index (Phi) is 6.02. The van der Waals surface area contributed by atoms with Crippen molar-refractivity contribution >= 4 is 11.9 Å². The Hall–Kier alpha value is -2.50. The summed E-state index contributed by atoms with van der Waals surface area (Å²) in [6.45, 7) is 2.00. The van der Waals surface area contributed by atoms with Gasteiger partial charge in [0.25, 0.3) is 0 Å². The molecule has 0 aliphatic carbocycles. The number of carbonyl (C=O) groups is 2. The minimum absolute atomic E-state index is 0.297. The van der Waals surface area contributed by atoms with E-state index in [9.17, 15) is 9.59 Å². The summed E-state index contributed by atoms with van der Waals surface area (Å²) in [5.41, 5.74) is 7.07. The molecular weight excluding hydrogens is 294 g/mol. The molecule has 0 aromatic heterocycles. The van der Waals surface area contributed by atoms with Crippen LogP contribution in [0.4, 0.5) is 0 Å². The molecule has 23 heavy (non-hydrogen) atoms. The molecule has 5 heteroatoms. The number of nitrogens with two attached hydrogens (primary N) is 1. The Morgan fingerprint density at radius 2 is 1.57 bits per heavy atom.